The Labute approximate surface area is 126 Å². The van der Waals surface area contributed by atoms with Gasteiger partial charge in [0, 0.05) is 24.6 Å². The number of carbonyl (C=O) groups excluding carboxylic acids is 2. The molecule has 0 saturated heterocycles. The van der Waals surface area contributed by atoms with E-state index in [0.29, 0.717) is 17.0 Å². The topological polar surface area (TPSA) is 64.6 Å². The molecule has 0 spiro atoms. The highest BCUT2D eigenvalue weighted by Crippen LogP contribution is 2.44. The molecule has 2 rings (SSSR count). The number of amides is 1. The lowest BCUT2D eigenvalue weighted by Gasteiger charge is -2.10. The van der Waals surface area contributed by atoms with Crippen LogP contribution >= 0.6 is 23.2 Å². The lowest BCUT2D eigenvalue weighted by molar-refractivity contribution is -0.150. The van der Waals surface area contributed by atoms with Crippen molar-refractivity contribution in [3.63, 3.8) is 0 Å². The van der Waals surface area contributed by atoms with Crippen LogP contribution in [-0.4, -0.2) is 24.6 Å². The third kappa shape index (κ3) is 2.83. The van der Waals surface area contributed by atoms with Crippen molar-refractivity contribution in [1.82, 2.24) is 0 Å². The molecule has 0 aliphatic carbocycles. The number of hydrogen-bond donors (Lipinski definition) is 1. The van der Waals surface area contributed by atoms with Crippen LogP contribution in [0.15, 0.2) is 6.07 Å². The van der Waals surface area contributed by atoms with Gasteiger partial charge in [-0.15, -0.1) is 0 Å². The van der Waals surface area contributed by atoms with Crippen molar-refractivity contribution in [1.29, 1.82) is 0 Å². The fourth-order valence-corrected chi connectivity index (χ4v) is 2.41. The predicted octanol–water partition coefficient (Wildman–Crippen LogP) is 2.82. The maximum atomic E-state index is 11.7. The molecular weight excluding hydrogens is 305 g/mol. The molecule has 1 aromatic rings. The van der Waals surface area contributed by atoms with Gasteiger partial charge in [-0.05, 0) is 13.0 Å². The van der Waals surface area contributed by atoms with E-state index in [1.807, 2.05) is 0 Å². The Hall–Kier alpha value is -1.46. The molecule has 1 heterocycles. The number of carbonyl (C=O) groups is 2. The molecule has 1 atom stereocenters. The minimum absolute atomic E-state index is 0.225. The highest BCUT2D eigenvalue weighted by Gasteiger charge is 2.34. The van der Waals surface area contributed by atoms with Crippen LogP contribution in [-0.2, 0) is 20.7 Å². The smallest absolute Gasteiger partial charge is 0.347 e. The summed E-state index contributed by atoms with van der Waals surface area (Å²) in [7, 11) is 0. The highest BCUT2D eigenvalue weighted by atomic mass is 35.5. The fraction of sp³-hybridized carbons (Fsp3) is 0.385. The molecular formula is C13H13Cl2NO4. The van der Waals surface area contributed by atoms with Gasteiger partial charge in [-0.3, -0.25) is 4.79 Å². The Morgan fingerprint density at radius 1 is 1.50 bits per heavy atom. The zero-order chi connectivity index (χ0) is 14.9. The second-order valence-corrected chi connectivity index (χ2v) is 5.06. The molecule has 0 radical (unpaired) electrons. The first-order valence-electron chi connectivity index (χ1n) is 6.05. The summed E-state index contributed by atoms with van der Waals surface area (Å²) in [6.45, 7) is 3.36. The molecule has 7 heteroatoms. The van der Waals surface area contributed by atoms with Crippen molar-refractivity contribution >= 4 is 40.8 Å². The molecule has 5 nitrogen and oxygen atoms in total. The van der Waals surface area contributed by atoms with Gasteiger partial charge in [0.15, 0.2) is 6.10 Å². The van der Waals surface area contributed by atoms with Crippen LogP contribution in [0.5, 0.6) is 5.75 Å². The number of hydrogen-bond acceptors (Lipinski definition) is 4. The van der Waals surface area contributed by atoms with E-state index in [-0.39, 0.29) is 29.0 Å². The van der Waals surface area contributed by atoms with Crippen molar-refractivity contribution in [2.24, 2.45) is 0 Å². The summed E-state index contributed by atoms with van der Waals surface area (Å²) >= 11 is 12.1. The van der Waals surface area contributed by atoms with Gasteiger partial charge in [0.25, 0.3) is 0 Å². The van der Waals surface area contributed by atoms with Crippen molar-refractivity contribution in [3.05, 3.63) is 21.7 Å². The summed E-state index contributed by atoms with van der Waals surface area (Å²) in [5, 5.41) is 3.12. The average molecular weight is 318 g/mol. The molecule has 1 amide bonds. The van der Waals surface area contributed by atoms with E-state index in [9.17, 15) is 9.59 Å². The summed E-state index contributed by atoms with van der Waals surface area (Å²) in [5.41, 5.74) is 1.14. The van der Waals surface area contributed by atoms with Gasteiger partial charge in [-0.25, -0.2) is 4.79 Å². The zero-order valence-electron chi connectivity index (χ0n) is 11.0. The number of nitrogens with one attached hydrogen (secondary N) is 1. The highest BCUT2D eigenvalue weighted by molar-refractivity contribution is 6.43. The van der Waals surface area contributed by atoms with Gasteiger partial charge in [-0.1, -0.05) is 23.2 Å². The summed E-state index contributed by atoms with van der Waals surface area (Å²) in [4.78, 5) is 22.9. The van der Waals surface area contributed by atoms with E-state index in [2.05, 4.69) is 5.32 Å². The Morgan fingerprint density at radius 3 is 2.80 bits per heavy atom. The Bertz CT molecular complexity index is 574. The van der Waals surface area contributed by atoms with Crippen LogP contribution in [0.25, 0.3) is 0 Å². The first-order valence-corrected chi connectivity index (χ1v) is 6.81. The van der Waals surface area contributed by atoms with Crippen molar-refractivity contribution in [3.8, 4) is 5.75 Å². The van der Waals surface area contributed by atoms with Crippen LogP contribution < -0.4 is 10.1 Å². The first kappa shape index (κ1) is 14.9. The predicted molar refractivity (Wildman–Crippen MR) is 75.5 cm³/mol. The van der Waals surface area contributed by atoms with E-state index in [1.54, 1.807) is 13.0 Å². The summed E-state index contributed by atoms with van der Waals surface area (Å²) in [6, 6.07) is 1.54. The van der Waals surface area contributed by atoms with Gasteiger partial charge in [0.1, 0.15) is 10.8 Å². The van der Waals surface area contributed by atoms with Gasteiger partial charge in [-0.2, -0.15) is 0 Å². The van der Waals surface area contributed by atoms with Crippen LogP contribution in [0.3, 0.4) is 0 Å². The van der Waals surface area contributed by atoms with E-state index >= 15 is 0 Å². The van der Waals surface area contributed by atoms with Gasteiger partial charge < -0.3 is 14.8 Å². The number of halogens is 2. The fourth-order valence-electron chi connectivity index (χ4n) is 2.00. The third-order valence-corrected chi connectivity index (χ3v) is 3.56. The summed E-state index contributed by atoms with van der Waals surface area (Å²) < 4.78 is 10.4. The quantitative estimate of drug-likeness (QED) is 0.871. The normalized spacial score (nSPS) is 16.3. The number of rotatable bonds is 3. The van der Waals surface area contributed by atoms with Crippen LogP contribution in [0.4, 0.5) is 5.69 Å². The Kier molecular flexibility index (Phi) is 4.40. The SMILES string of the molecule is CCOC(=O)C1Cc2c(NC(C)=O)cc(Cl)c(Cl)c2O1. The minimum Gasteiger partial charge on any atom is -0.476 e. The monoisotopic (exact) mass is 317 g/mol. The third-order valence-electron chi connectivity index (χ3n) is 2.79. The first-order chi connectivity index (χ1) is 9.43. The minimum atomic E-state index is -0.770. The van der Waals surface area contributed by atoms with Crippen molar-refractivity contribution in [2.45, 2.75) is 26.4 Å². The Morgan fingerprint density at radius 2 is 2.20 bits per heavy atom. The second-order valence-electron chi connectivity index (χ2n) is 4.27. The standard InChI is InChI=1S/C13H13Cl2NO4/c1-3-19-13(18)10-4-7-9(16-6(2)17)5-8(14)11(15)12(7)20-10/h5,10H,3-4H2,1-2H3,(H,16,17). The summed E-state index contributed by atoms with van der Waals surface area (Å²) in [5.74, 6) is -0.393. The maximum absolute atomic E-state index is 11.7. The van der Waals surface area contributed by atoms with E-state index in [1.165, 1.54) is 6.92 Å². The van der Waals surface area contributed by atoms with Crippen LogP contribution in [0, 0.1) is 0 Å². The lowest BCUT2D eigenvalue weighted by atomic mass is 10.1. The second kappa shape index (κ2) is 5.89. The van der Waals surface area contributed by atoms with Crippen molar-refractivity contribution < 1.29 is 19.1 Å². The number of fused-ring (bicyclic) bond motifs is 1. The van der Waals surface area contributed by atoms with Crippen LogP contribution in [0.1, 0.15) is 19.4 Å². The molecule has 0 saturated carbocycles. The molecule has 108 valence electrons. The Balaban J connectivity index is 2.36. The van der Waals surface area contributed by atoms with E-state index in [0.717, 1.165) is 0 Å². The molecule has 20 heavy (non-hydrogen) atoms. The molecule has 1 aliphatic rings. The van der Waals surface area contributed by atoms with Gasteiger partial charge >= 0.3 is 5.97 Å². The molecule has 1 aliphatic heterocycles. The van der Waals surface area contributed by atoms with Gasteiger partial charge in [0.2, 0.25) is 5.91 Å². The maximum Gasteiger partial charge on any atom is 0.347 e. The number of benzene rings is 1. The average Bonchev–Trinajstić information content (AvgIpc) is 2.81. The number of anilines is 1. The number of esters is 1. The van der Waals surface area contributed by atoms with E-state index in [4.69, 9.17) is 32.7 Å². The summed E-state index contributed by atoms with van der Waals surface area (Å²) in [6.07, 6.45) is -0.492. The van der Waals surface area contributed by atoms with Crippen LogP contribution in [0.2, 0.25) is 10.0 Å². The van der Waals surface area contributed by atoms with E-state index < -0.39 is 12.1 Å². The molecule has 1 N–H and O–H groups in total. The van der Waals surface area contributed by atoms with Crippen molar-refractivity contribution in [2.75, 3.05) is 11.9 Å². The molecule has 0 aromatic heterocycles. The molecule has 1 aromatic carbocycles. The molecule has 0 bridgehead atoms. The molecule has 1 unspecified atom stereocenters. The largest absolute Gasteiger partial charge is 0.476 e. The lowest BCUT2D eigenvalue weighted by Crippen LogP contribution is -2.27. The number of ether oxygens (including phenoxy) is 2. The zero-order valence-corrected chi connectivity index (χ0v) is 12.5. The molecule has 0 fully saturated rings. The van der Waals surface area contributed by atoms with Gasteiger partial charge in [0.05, 0.1) is 11.6 Å².